The van der Waals surface area contributed by atoms with E-state index in [4.69, 9.17) is 0 Å². The van der Waals surface area contributed by atoms with E-state index in [-0.39, 0.29) is 10.6 Å². The summed E-state index contributed by atoms with van der Waals surface area (Å²) in [7, 11) is 0. The smallest absolute Gasteiger partial charge is 0.258 e. The summed E-state index contributed by atoms with van der Waals surface area (Å²) < 4.78 is 0. The number of nitro benzene ring substituents is 1. The maximum Gasteiger partial charge on any atom is 0.269 e. The zero-order valence-corrected chi connectivity index (χ0v) is 8.50. The van der Waals surface area contributed by atoms with Crippen molar-refractivity contribution in [2.75, 3.05) is 0 Å². The van der Waals surface area contributed by atoms with Gasteiger partial charge in [-0.05, 0) is 25.0 Å². The first-order valence-electron chi connectivity index (χ1n) is 4.33. The predicted molar refractivity (Wildman–Crippen MR) is 53.9 cm³/mol. The Kier molecular flexibility index (Phi) is 4.74. The molecular weight excluding hydrogens is 166 g/mol. The van der Waals surface area contributed by atoms with Crippen LogP contribution in [-0.4, -0.2) is 4.92 Å². The van der Waals surface area contributed by atoms with E-state index in [2.05, 4.69) is 0 Å². The lowest BCUT2D eigenvalue weighted by Gasteiger charge is -1.97. The quantitative estimate of drug-likeness (QED) is 0.493. The Morgan fingerprint density at radius 1 is 1.15 bits per heavy atom. The Morgan fingerprint density at radius 3 is 2.08 bits per heavy atom. The van der Waals surface area contributed by atoms with Gasteiger partial charge in [0.15, 0.2) is 0 Å². The van der Waals surface area contributed by atoms with Crippen molar-refractivity contribution in [3.63, 3.8) is 0 Å². The minimum absolute atomic E-state index is 0.160. The van der Waals surface area contributed by atoms with Gasteiger partial charge >= 0.3 is 0 Å². The molecule has 0 aliphatic carbocycles. The van der Waals surface area contributed by atoms with Crippen LogP contribution in [-0.2, 0) is 0 Å². The number of hydrogen-bond donors (Lipinski definition) is 0. The van der Waals surface area contributed by atoms with Gasteiger partial charge < -0.3 is 0 Å². The van der Waals surface area contributed by atoms with Gasteiger partial charge in [0.1, 0.15) is 0 Å². The third-order valence-corrected chi connectivity index (χ3v) is 1.70. The Bertz CT molecular complexity index is 295. The van der Waals surface area contributed by atoms with E-state index < -0.39 is 0 Å². The summed E-state index contributed by atoms with van der Waals surface area (Å²) in [5.74, 6) is 0. The van der Waals surface area contributed by atoms with Crippen molar-refractivity contribution in [1.82, 2.24) is 0 Å². The number of hydrogen-bond acceptors (Lipinski definition) is 2. The molecule has 0 saturated heterocycles. The molecule has 72 valence electrons. The van der Waals surface area contributed by atoms with Crippen LogP contribution in [0.5, 0.6) is 0 Å². The summed E-state index contributed by atoms with van der Waals surface area (Å²) in [6, 6.07) is 4.85. The third-order valence-electron chi connectivity index (χ3n) is 1.70. The maximum absolute atomic E-state index is 10.3. The normalized spacial score (nSPS) is 8.62. The zero-order valence-electron chi connectivity index (χ0n) is 8.50. The third kappa shape index (κ3) is 3.23. The molecule has 3 heteroatoms. The van der Waals surface area contributed by atoms with E-state index in [1.165, 1.54) is 6.07 Å². The first kappa shape index (κ1) is 11.6. The second kappa shape index (κ2) is 5.30. The molecule has 0 aliphatic heterocycles. The van der Waals surface area contributed by atoms with Crippen LogP contribution in [0.3, 0.4) is 0 Å². The monoisotopic (exact) mass is 181 g/mol. The van der Waals surface area contributed by atoms with E-state index in [0.717, 1.165) is 11.1 Å². The molecule has 0 spiro atoms. The fourth-order valence-corrected chi connectivity index (χ4v) is 0.839. The van der Waals surface area contributed by atoms with Crippen molar-refractivity contribution in [3.05, 3.63) is 39.4 Å². The Balaban J connectivity index is 0.000000671. The van der Waals surface area contributed by atoms with Crippen LogP contribution in [0.25, 0.3) is 0 Å². The highest BCUT2D eigenvalue weighted by molar-refractivity contribution is 5.38. The minimum atomic E-state index is -0.382. The molecule has 0 atom stereocenters. The van der Waals surface area contributed by atoms with Gasteiger partial charge in [0.2, 0.25) is 0 Å². The molecule has 0 radical (unpaired) electrons. The lowest BCUT2D eigenvalue weighted by molar-refractivity contribution is -0.384. The fourth-order valence-electron chi connectivity index (χ4n) is 0.839. The maximum atomic E-state index is 10.3. The van der Waals surface area contributed by atoms with Gasteiger partial charge in [0.05, 0.1) is 4.92 Å². The largest absolute Gasteiger partial charge is 0.269 e. The second-order valence-electron chi connectivity index (χ2n) is 2.53. The molecule has 0 saturated carbocycles. The van der Waals surface area contributed by atoms with Crippen LogP contribution < -0.4 is 0 Å². The zero-order chi connectivity index (χ0) is 10.4. The average molecular weight is 181 g/mol. The Hall–Kier alpha value is -1.38. The second-order valence-corrected chi connectivity index (χ2v) is 2.53. The van der Waals surface area contributed by atoms with E-state index in [9.17, 15) is 10.1 Å². The summed E-state index contributed by atoms with van der Waals surface area (Å²) in [6.07, 6.45) is 0. The van der Waals surface area contributed by atoms with E-state index in [1.807, 2.05) is 27.7 Å². The SMILES string of the molecule is CC.Cc1ccc([N+](=O)[O-])cc1C. The van der Waals surface area contributed by atoms with Gasteiger partial charge in [-0.3, -0.25) is 10.1 Å². The number of non-ortho nitro benzene ring substituents is 1. The molecule has 0 aromatic heterocycles. The molecule has 0 heterocycles. The molecule has 0 unspecified atom stereocenters. The summed E-state index contributed by atoms with van der Waals surface area (Å²) in [4.78, 5) is 9.89. The number of aryl methyl sites for hydroxylation is 2. The van der Waals surface area contributed by atoms with Gasteiger partial charge in [-0.15, -0.1) is 0 Å². The average Bonchev–Trinajstić information content (AvgIpc) is 2.13. The molecule has 1 aromatic carbocycles. The van der Waals surface area contributed by atoms with Crippen molar-refractivity contribution >= 4 is 5.69 Å². The molecule has 1 aromatic rings. The van der Waals surface area contributed by atoms with E-state index in [1.54, 1.807) is 12.1 Å². The summed E-state index contributed by atoms with van der Waals surface area (Å²) in [5, 5.41) is 10.3. The van der Waals surface area contributed by atoms with E-state index in [0.29, 0.717) is 0 Å². The van der Waals surface area contributed by atoms with Crippen LogP contribution in [0.2, 0.25) is 0 Å². The topological polar surface area (TPSA) is 43.1 Å². The molecule has 0 aliphatic rings. The summed E-state index contributed by atoms with van der Waals surface area (Å²) in [6.45, 7) is 7.79. The highest BCUT2D eigenvalue weighted by Crippen LogP contribution is 2.15. The molecule has 3 nitrogen and oxygen atoms in total. The number of benzene rings is 1. The van der Waals surface area contributed by atoms with E-state index >= 15 is 0 Å². The lowest BCUT2D eigenvalue weighted by atomic mass is 10.1. The Labute approximate surface area is 78.5 Å². The summed E-state index contributed by atoms with van der Waals surface area (Å²) in [5.41, 5.74) is 2.20. The highest BCUT2D eigenvalue weighted by Gasteiger charge is 2.04. The summed E-state index contributed by atoms with van der Waals surface area (Å²) >= 11 is 0. The van der Waals surface area contributed by atoms with Crippen LogP contribution in [0, 0.1) is 24.0 Å². The molecule has 13 heavy (non-hydrogen) atoms. The van der Waals surface area contributed by atoms with Crippen molar-refractivity contribution in [3.8, 4) is 0 Å². The van der Waals surface area contributed by atoms with Crippen molar-refractivity contribution in [2.24, 2.45) is 0 Å². The van der Waals surface area contributed by atoms with Gasteiger partial charge in [-0.2, -0.15) is 0 Å². The first-order valence-corrected chi connectivity index (χ1v) is 4.33. The number of nitrogens with zero attached hydrogens (tertiary/aromatic N) is 1. The standard InChI is InChI=1S/C8H9NO2.C2H6/c1-6-3-4-8(9(10)11)5-7(6)2;1-2/h3-5H,1-2H3;1-2H3. The van der Waals surface area contributed by atoms with Crippen LogP contribution in [0.1, 0.15) is 25.0 Å². The fraction of sp³-hybridized carbons (Fsp3) is 0.400. The predicted octanol–water partition coefficient (Wildman–Crippen LogP) is 3.24. The van der Waals surface area contributed by atoms with Gasteiger partial charge in [-0.1, -0.05) is 19.9 Å². The molecule has 0 fully saturated rings. The number of nitro groups is 1. The first-order chi connectivity index (χ1) is 6.11. The van der Waals surface area contributed by atoms with Crippen LogP contribution >= 0.6 is 0 Å². The molecular formula is C10H15NO2. The van der Waals surface area contributed by atoms with Gasteiger partial charge in [0.25, 0.3) is 5.69 Å². The van der Waals surface area contributed by atoms with Crippen molar-refractivity contribution < 1.29 is 4.92 Å². The molecule has 0 N–H and O–H groups in total. The van der Waals surface area contributed by atoms with Crippen molar-refractivity contribution in [2.45, 2.75) is 27.7 Å². The minimum Gasteiger partial charge on any atom is -0.258 e. The van der Waals surface area contributed by atoms with Crippen LogP contribution in [0.4, 0.5) is 5.69 Å². The molecule has 0 amide bonds. The Morgan fingerprint density at radius 2 is 1.69 bits per heavy atom. The highest BCUT2D eigenvalue weighted by atomic mass is 16.6. The van der Waals surface area contributed by atoms with Gasteiger partial charge in [0, 0.05) is 12.1 Å². The van der Waals surface area contributed by atoms with Crippen molar-refractivity contribution in [1.29, 1.82) is 0 Å². The molecule has 0 bridgehead atoms. The van der Waals surface area contributed by atoms with Crippen LogP contribution in [0.15, 0.2) is 18.2 Å². The molecule has 1 rings (SSSR count). The number of rotatable bonds is 1. The lowest BCUT2D eigenvalue weighted by Crippen LogP contribution is -1.89. The van der Waals surface area contributed by atoms with Gasteiger partial charge in [-0.25, -0.2) is 0 Å².